The van der Waals surface area contributed by atoms with Crippen LogP contribution in [0.5, 0.6) is 0 Å². The van der Waals surface area contributed by atoms with Crippen molar-refractivity contribution >= 4 is 43.5 Å². The lowest BCUT2D eigenvalue weighted by Crippen LogP contribution is -2.16. The van der Waals surface area contributed by atoms with Crippen molar-refractivity contribution in [2.45, 2.75) is 31.7 Å². The maximum absolute atomic E-state index is 6.61. The number of halogens is 3. The molecule has 1 heterocycles. The van der Waals surface area contributed by atoms with Crippen LogP contribution in [0.15, 0.2) is 21.1 Å². The van der Waals surface area contributed by atoms with E-state index in [4.69, 9.17) is 16.3 Å². The van der Waals surface area contributed by atoms with Crippen LogP contribution in [0, 0.1) is 12.8 Å². The van der Waals surface area contributed by atoms with Gasteiger partial charge in [0.25, 0.3) is 0 Å². The van der Waals surface area contributed by atoms with Crippen LogP contribution in [0.1, 0.15) is 29.8 Å². The van der Waals surface area contributed by atoms with E-state index in [9.17, 15) is 0 Å². The summed E-state index contributed by atoms with van der Waals surface area (Å²) in [5.74, 6) is 0.391. The summed E-state index contributed by atoms with van der Waals surface area (Å²) in [6.45, 7) is 4.99. The van der Waals surface area contributed by atoms with Gasteiger partial charge in [0.1, 0.15) is 0 Å². The lowest BCUT2D eigenvalue weighted by atomic mass is 9.93. The van der Waals surface area contributed by atoms with Crippen LogP contribution in [0.2, 0.25) is 0 Å². The van der Waals surface area contributed by atoms with Crippen LogP contribution in [0.4, 0.5) is 0 Å². The second-order valence-electron chi connectivity index (χ2n) is 4.55. The predicted octanol–water partition coefficient (Wildman–Crippen LogP) is 5.22. The van der Waals surface area contributed by atoms with Crippen LogP contribution in [0.3, 0.4) is 0 Å². The van der Waals surface area contributed by atoms with E-state index >= 15 is 0 Å². The molecule has 0 bridgehead atoms. The van der Waals surface area contributed by atoms with Crippen molar-refractivity contribution in [1.82, 2.24) is 0 Å². The van der Waals surface area contributed by atoms with E-state index < -0.39 is 0 Å². The number of benzene rings is 1. The van der Waals surface area contributed by atoms with Crippen molar-refractivity contribution in [3.05, 3.63) is 32.2 Å². The maximum atomic E-state index is 6.61. The Labute approximate surface area is 124 Å². The Hall–Kier alpha value is 0.430. The van der Waals surface area contributed by atoms with Gasteiger partial charge >= 0.3 is 0 Å². The molecule has 1 nitrogen and oxygen atoms in total. The zero-order valence-corrected chi connectivity index (χ0v) is 13.8. The van der Waals surface area contributed by atoms with Crippen LogP contribution in [-0.2, 0) is 4.74 Å². The Morgan fingerprint density at radius 2 is 2.06 bits per heavy atom. The second kappa shape index (κ2) is 5.60. The first kappa shape index (κ1) is 13.9. The molecular weight excluding hydrogens is 367 g/mol. The van der Waals surface area contributed by atoms with E-state index in [-0.39, 0.29) is 11.5 Å². The van der Waals surface area contributed by atoms with E-state index in [1.54, 1.807) is 0 Å². The number of aryl methyl sites for hydroxylation is 1. The summed E-state index contributed by atoms with van der Waals surface area (Å²) >= 11 is 13.8. The van der Waals surface area contributed by atoms with E-state index in [2.05, 4.69) is 57.8 Å². The van der Waals surface area contributed by atoms with Crippen LogP contribution >= 0.6 is 43.5 Å². The first-order valence-electron chi connectivity index (χ1n) is 5.72. The van der Waals surface area contributed by atoms with E-state index in [1.165, 1.54) is 5.56 Å². The molecule has 0 spiro atoms. The molecule has 0 amide bonds. The molecule has 1 aromatic carbocycles. The smallest absolute Gasteiger partial charge is 0.0650 e. The van der Waals surface area contributed by atoms with Crippen LogP contribution < -0.4 is 0 Å². The number of hydrogen-bond donors (Lipinski definition) is 0. The number of alkyl halides is 1. The van der Waals surface area contributed by atoms with Gasteiger partial charge < -0.3 is 4.74 Å². The van der Waals surface area contributed by atoms with Gasteiger partial charge in [-0.15, -0.1) is 11.6 Å². The summed E-state index contributed by atoms with van der Waals surface area (Å²) in [4.78, 5) is 0. The molecular formula is C13H15Br2ClO. The normalized spacial score (nSPS) is 26.2. The summed E-state index contributed by atoms with van der Waals surface area (Å²) in [6.07, 6.45) is 1.28. The maximum Gasteiger partial charge on any atom is 0.0650 e. The fraction of sp³-hybridized carbons (Fsp3) is 0.538. The SMILES string of the molecule is Cc1cc(Br)c(C(Cl)C2CCOC2C)cc1Br. The quantitative estimate of drug-likeness (QED) is 0.637. The van der Waals surface area contributed by atoms with Gasteiger partial charge in [0.05, 0.1) is 11.5 Å². The second-order valence-corrected chi connectivity index (χ2v) is 6.73. The Morgan fingerprint density at radius 3 is 2.65 bits per heavy atom. The van der Waals surface area contributed by atoms with Gasteiger partial charge in [0, 0.05) is 21.5 Å². The molecule has 94 valence electrons. The highest BCUT2D eigenvalue weighted by atomic mass is 79.9. The molecule has 2 rings (SSSR count). The van der Waals surface area contributed by atoms with Crippen molar-refractivity contribution in [3.8, 4) is 0 Å². The highest BCUT2D eigenvalue weighted by Gasteiger charge is 2.32. The van der Waals surface area contributed by atoms with Gasteiger partial charge in [-0.25, -0.2) is 0 Å². The van der Waals surface area contributed by atoms with Crippen molar-refractivity contribution in [1.29, 1.82) is 0 Å². The lowest BCUT2D eigenvalue weighted by molar-refractivity contribution is 0.105. The lowest BCUT2D eigenvalue weighted by Gasteiger charge is -2.22. The molecule has 0 saturated carbocycles. The molecule has 3 atom stereocenters. The summed E-state index contributed by atoms with van der Waals surface area (Å²) in [5, 5.41) is -0.00113. The van der Waals surface area contributed by atoms with Crippen LogP contribution in [-0.4, -0.2) is 12.7 Å². The van der Waals surface area contributed by atoms with Gasteiger partial charge in [-0.3, -0.25) is 0 Å². The van der Waals surface area contributed by atoms with E-state index in [0.717, 1.165) is 27.5 Å². The van der Waals surface area contributed by atoms with Gasteiger partial charge in [0.2, 0.25) is 0 Å². The topological polar surface area (TPSA) is 9.23 Å². The Kier molecular flexibility index (Phi) is 4.56. The number of hydrogen-bond acceptors (Lipinski definition) is 1. The van der Waals surface area contributed by atoms with Crippen LogP contribution in [0.25, 0.3) is 0 Å². The Morgan fingerprint density at radius 1 is 1.35 bits per heavy atom. The van der Waals surface area contributed by atoms with Gasteiger partial charge in [0.15, 0.2) is 0 Å². The van der Waals surface area contributed by atoms with E-state index in [1.807, 2.05) is 0 Å². The molecule has 1 fully saturated rings. The Balaban J connectivity index is 2.30. The zero-order chi connectivity index (χ0) is 12.6. The molecule has 1 aliphatic heterocycles. The molecule has 3 unspecified atom stereocenters. The molecule has 0 N–H and O–H groups in total. The first-order chi connectivity index (χ1) is 8.00. The summed E-state index contributed by atoms with van der Waals surface area (Å²) in [7, 11) is 0. The average molecular weight is 383 g/mol. The molecule has 1 saturated heterocycles. The summed E-state index contributed by atoms with van der Waals surface area (Å²) in [6, 6.07) is 4.22. The highest BCUT2D eigenvalue weighted by Crippen LogP contribution is 2.42. The summed E-state index contributed by atoms with van der Waals surface area (Å²) in [5.41, 5.74) is 2.35. The molecule has 0 aromatic heterocycles. The fourth-order valence-corrected chi connectivity index (χ4v) is 3.94. The van der Waals surface area contributed by atoms with Gasteiger partial charge in [-0.1, -0.05) is 31.9 Å². The van der Waals surface area contributed by atoms with Gasteiger partial charge in [-0.05, 0) is 43.5 Å². The minimum Gasteiger partial charge on any atom is -0.378 e. The van der Waals surface area contributed by atoms with Crippen molar-refractivity contribution < 1.29 is 4.74 Å². The minimum atomic E-state index is -0.00113. The molecule has 17 heavy (non-hydrogen) atoms. The third kappa shape index (κ3) is 2.89. The average Bonchev–Trinajstić information content (AvgIpc) is 2.69. The summed E-state index contributed by atoms with van der Waals surface area (Å²) < 4.78 is 7.78. The monoisotopic (exact) mass is 380 g/mol. The van der Waals surface area contributed by atoms with Gasteiger partial charge in [-0.2, -0.15) is 0 Å². The van der Waals surface area contributed by atoms with Crippen molar-refractivity contribution in [2.24, 2.45) is 5.92 Å². The number of ether oxygens (including phenoxy) is 1. The highest BCUT2D eigenvalue weighted by molar-refractivity contribution is 9.11. The third-order valence-electron chi connectivity index (χ3n) is 3.39. The van der Waals surface area contributed by atoms with Crippen molar-refractivity contribution in [2.75, 3.05) is 6.61 Å². The zero-order valence-electron chi connectivity index (χ0n) is 9.84. The Bertz CT molecular complexity index is 422. The first-order valence-corrected chi connectivity index (χ1v) is 7.74. The third-order valence-corrected chi connectivity index (χ3v) is 5.49. The standard InChI is InChI=1S/C13H15Br2ClO/c1-7-5-12(15)10(6-11(7)14)13(16)9-3-4-17-8(9)2/h5-6,8-9,13H,3-4H2,1-2H3. The molecule has 0 radical (unpaired) electrons. The minimum absolute atomic E-state index is 0.00113. The predicted molar refractivity (Wildman–Crippen MR) is 78.7 cm³/mol. The van der Waals surface area contributed by atoms with Crippen molar-refractivity contribution in [3.63, 3.8) is 0 Å². The number of rotatable bonds is 2. The molecule has 1 aliphatic rings. The fourth-order valence-electron chi connectivity index (χ4n) is 2.24. The molecule has 0 aliphatic carbocycles. The van der Waals surface area contributed by atoms with E-state index in [0.29, 0.717) is 5.92 Å². The molecule has 1 aromatic rings. The largest absolute Gasteiger partial charge is 0.378 e. The molecule has 4 heteroatoms.